The van der Waals surface area contributed by atoms with Gasteiger partial charge in [-0.1, -0.05) is 18.2 Å². The molecule has 0 saturated carbocycles. The maximum absolute atomic E-state index is 13.5. The smallest absolute Gasteiger partial charge is 0.260 e. The molecule has 1 aromatic heterocycles. The minimum absolute atomic E-state index is 0.000918. The van der Waals surface area contributed by atoms with Crippen molar-refractivity contribution >= 4 is 26.8 Å². The Bertz CT molecular complexity index is 1230. The van der Waals surface area contributed by atoms with Gasteiger partial charge >= 0.3 is 0 Å². The minimum Gasteiger partial charge on any atom is -0.483 e. The number of ether oxygens (including phenoxy) is 1. The van der Waals surface area contributed by atoms with E-state index < -0.39 is 15.8 Å². The highest BCUT2D eigenvalue weighted by Gasteiger charge is 2.23. The highest BCUT2D eigenvalue weighted by molar-refractivity contribution is 7.89. The molecule has 2 heterocycles. The number of carbonyl (C=O) groups excluding carboxylic acids is 1. The zero-order chi connectivity index (χ0) is 21.3. The second-order valence-corrected chi connectivity index (χ2v) is 8.77. The van der Waals surface area contributed by atoms with Crippen molar-refractivity contribution in [2.45, 2.75) is 18.4 Å². The quantitative estimate of drug-likeness (QED) is 0.673. The van der Waals surface area contributed by atoms with Gasteiger partial charge in [-0.3, -0.25) is 9.78 Å². The molecule has 7 nitrogen and oxygen atoms in total. The second kappa shape index (κ2) is 8.00. The standard InChI is InChI=1S/C21H20FN3O4S/c1-14-5-6-15-3-2-4-19(21(15)24-14)30(27,28)23-9-10-25-12-16-11-17(22)7-8-18(16)29-13-20(25)26/h2-8,11,23H,9-10,12-13H2,1H3. The highest BCUT2D eigenvalue weighted by atomic mass is 32.2. The van der Waals surface area contributed by atoms with E-state index in [0.29, 0.717) is 22.5 Å². The van der Waals surface area contributed by atoms with E-state index >= 15 is 0 Å². The van der Waals surface area contributed by atoms with Crippen LogP contribution in [0.5, 0.6) is 5.75 Å². The Hall–Kier alpha value is -3.04. The molecule has 2 aromatic carbocycles. The zero-order valence-corrected chi connectivity index (χ0v) is 17.1. The Morgan fingerprint density at radius 2 is 2.03 bits per heavy atom. The number of benzene rings is 2. The lowest BCUT2D eigenvalue weighted by Crippen LogP contribution is -2.39. The van der Waals surface area contributed by atoms with Gasteiger partial charge in [0, 0.05) is 36.3 Å². The third kappa shape index (κ3) is 4.12. The summed E-state index contributed by atoms with van der Waals surface area (Å²) in [6.45, 7) is 1.88. The summed E-state index contributed by atoms with van der Waals surface area (Å²) < 4.78 is 47.2. The van der Waals surface area contributed by atoms with Crippen molar-refractivity contribution < 1.29 is 22.3 Å². The molecular weight excluding hydrogens is 409 g/mol. The molecule has 0 aliphatic carbocycles. The number of hydrogen-bond donors (Lipinski definition) is 1. The van der Waals surface area contributed by atoms with Crippen molar-refractivity contribution in [1.82, 2.24) is 14.6 Å². The van der Waals surface area contributed by atoms with Crippen LogP contribution in [0, 0.1) is 12.7 Å². The molecule has 1 amide bonds. The van der Waals surface area contributed by atoms with E-state index in [1.165, 1.54) is 29.2 Å². The van der Waals surface area contributed by atoms with Gasteiger partial charge in [-0.05, 0) is 37.3 Å². The van der Waals surface area contributed by atoms with Crippen LogP contribution in [0.1, 0.15) is 11.3 Å². The number of aryl methyl sites for hydroxylation is 1. The van der Waals surface area contributed by atoms with Gasteiger partial charge in [0.1, 0.15) is 16.5 Å². The van der Waals surface area contributed by atoms with Crippen LogP contribution in [0.2, 0.25) is 0 Å². The lowest BCUT2D eigenvalue weighted by Gasteiger charge is -2.20. The number of fused-ring (bicyclic) bond motifs is 2. The van der Waals surface area contributed by atoms with Crippen molar-refractivity contribution in [3.8, 4) is 5.75 Å². The summed E-state index contributed by atoms with van der Waals surface area (Å²) in [7, 11) is -3.84. The molecule has 4 rings (SSSR count). The van der Waals surface area contributed by atoms with Gasteiger partial charge in [0.15, 0.2) is 6.61 Å². The summed E-state index contributed by atoms with van der Waals surface area (Å²) in [6.07, 6.45) is 0. The van der Waals surface area contributed by atoms with Crippen LogP contribution in [0.4, 0.5) is 4.39 Å². The first-order chi connectivity index (χ1) is 14.3. The maximum atomic E-state index is 13.5. The molecule has 1 N–H and O–H groups in total. The number of nitrogens with one attached hydrogen (secondary N) is 1. The van der Waals surface area contributed by atoms with Crippen LogP contribution in [0.25, 0.3) is 10.9 Å². The number of rotatable bonds is 5. The molecule has 3 aromatic rings. The summed E-state index contributed by atoms with van der Waals surface area (Å²) in [5, 5.41) is 0.724. The number of halogens is 1. The maximum Gasteiger partial charge on any atom is 0.260 e. The van der Waals surface area contributed by atoms with Crippen LogP contribution in [-0.4, -0.2) is 43.9 Å². The third-order valence-electron chi connectivity index (χ3n) is 4.87. The van der Waals surface area contributed by atoms with E-state index in [-0.39, 0.29) is 37.0 Å². The summed E-state index contributed by atoms with van der Waals surface area (Å²) in [5.74, 6) is -0.274. The second-order valence-electron chi connectivity index (χ2n) is 7.03. The SMILES string of the molecule is Cc1ccc2cccc(S(=O)(=O)NCCN3Cc4cc(F)ccc4OCC3=O)c2n1. The fourth-order valence-corrected chi connectivity index (χ4v) is 4.56. The van der Waals surface area contributed by atoms with Gasteiger partial charge in [-0.25, -0.2) is 17.5 Å². The molecule has 0 bridgehead atoms. The number of amides is 1. The van der Waals surface area contributed by atoms with Crippen LogP contribution >= 0.6 is 0 Å². The topological polar surface area (TPSA) is 88.6 Å². The molecule has 0 spiro atoms. The van der Waals surface area contributed by atoms with Gasteiger partial charge in [-0.2, -0.15) is 0 Å². The lowest BCUT2D eigenvalue weighted by atomic mass is 10.2. The lowest BCUT2D eigenvalue weighted by molar-refractivity contribution is -0.133. The van der Waals surface area contributed by atoms with Gasteiger partial charge in [0.2, 0.25) is 10.0 Å². The number of aromatic nitrogens is 1. The number of pyridine rings is 1. The van der Waals surface area contributed by atoms with Crippen LogP contribution in [0.15, 0.2) is 53.4 Å². The van der Waals surface area contributed by atoms with E-state index in [0.717, 1.165) is 5.39 Å². The molecule has 0 atom stereocenters. The van der Waals surface area contributed by atoms with Gasteiger partial charge in [-0.15, -0.1) is 0 Å². The van der Waals surface area contributed by atoms with E-state index in [1.54, 1.807) is 19.1 Å². The number of nitrogens with zero attached hydrogens (tertiary/aromatic N) is 2. The van der Waals surface area contributed by atoms with E-state index in [9.17, 15) is 17.6 Å². The molecular formula is C21H20FN3O4S. The normalized spacial score (nSPS) is 14.3. The third-order valence-corrected chi connectivity index (χ3v) is 6.37. The predicted octanol–water partition coefficient (Wildman–Crippen LogP) is 2.38. The molecule has 0 fully saturated rings. The average molecular weight is 429 g/mol. The molecule has 0 unspecified atom stereocenters. The molecule has 30 heavy (non-hydrogen) atoms. The average Bonchev–Trinajstić information content (AvgIpc) is 2.86. The molecule has 1 aliphatic rings. The van der Waals surface area contributed by atoms with Gasteiger partial charge < -0.3 is 9.64 Å². The number of carbonyl (C=O) groups is 1. The highest BCUT2D eigenvalue weighted by Crippen LogP contribution is 2.24. The molecule has 0 radical (unpaired) electrons. The summed E-state index contributed by atoms with van der Waals surface area (Å²) in [4.78, 5) is 18.2. The monoisotopic (exact) mass is 429 g/mol. The molecule has 156 valence electrons. The Morgan fingerprint density at radius 3 is 2.87 bits per heavy atom. The van der Waals surface area contributed by atoms with Gasteiger partial charge in [0.25, 0.3) is 5.91 Å². The Kier molecular flexibility index (Phi) is 5.40. The number of hydrogen-bond acceptors (Lipinski definition) is 5. The van der Waals surface area contributed by atoms with E-state index in [2.05, 4.69) is 9.71 Å². The number of para-hydroxylation sites is 1. The molecule has 9 heteroatoms. The Labute approximate surface area is 173 Å². The fourth-order valence-electron chi connectivity index (χ4n) is 3.37. The van der Waals surface area contributed by atoms with Crippen molar-refractivity contribution in [2.24, 2.45) is 0 Å². The van der Waals surface area contributed by atoms with Crippen molar-refractivity contribution in [3.63, 3.8) is 0 Å². The van der Waals surface area contributed by atoms with Crippen LogP contribution in [0.3, 0.4) is 0 Å². The first kappa shape index (κ1) is 20.2. The van der Waals surface area contributed by atoms with Gasteiger partial charge in [0.05, 0.1) is 5.52 Å². The largest absolute Gasteiger partial charge is 0.483 e. The summed E-state index contributed by atoms with van der Waals surface area (Å²) in [5.41, 5.74) is 1.65. The van der Waals surface area contributed by atoms with Crippen molar-refractivity contribution in [2.75, 3.05) is 19.7 Å². The number of sulfonamides is 1. The van der Waals surface area contributed by atoms with Crippen LogP contribution < -0.4 is 9.46 Å². The first-order valence-electron chi connectivity index (χ1n) is 9.38. The first-order valence-corrected chi connectivity index (χ1v) is 10.9. The molecule has 0 saturated heterocycles. The van der Waals surface area contributed by atoms with E-state index in [1.807, 2.05) is 12.1 Å². The fraction of sp³-hybridized carbons (Fsp3) is 0.238. The summed E-state index contributed by atoms with van der Waals surface area (Å²) >= 11 is 0. The van der Waals surface area contributed by atoms with Crippen molar-refractivity contribution in [1.29, 1.82) is 0 Å². The zero-order valence-electron chi connectivity index (χ0n) is 16.3. The van der Waals surface area contributed by atoms with Crippen LogP contribution in [-0.2, 0) is 21.4 Å². The Morgan fingerprint density at radius 1 is 1.20 bits per heavy atom. The van der Waals surface area contributed by atoms with E-state index in [4.69, 9.17) is 4.74 Å². The minimum atomic E-state index is -3.84. The molecule has 1 aliphatic heterocycles. The predicted molar refractivity (Wildman–Crippen MR) is 109 cm³/mol. The van der Waals surface area contributed by atoms with Crippen molar-refractivity contribution in [3.05, 3.63) is 65.6 Å². The Balaban J connectivity index is 1.50. The summed E-state index contributed by atoms with van der Waals surface area (Å²) in [6, 6.07) is 12.7.